The van der Waals surface area contributed by atoms with Gasteiger partial charge in [0.15, 0.2) is 5.65 Å². The zero-order valence-electron chi connectivity index (χ0n) is 17.6. The van der Waals surface area contributed by atoms with Gasteiger partial charge < -0.3 is 5.32 Å². The maximum atomic E-state index is 5.08. The molecule has 0 saturated carbocycles. The first-order chi connectivity index (χ1) is 13.0. The molecule has 0 amide bonds. The van der Waals surface area contributed by atoms with Crippen LogP contribution in [-0.2, 0) is 12.8 Å². The number of aryl methyl sites for hydroxylation is 4. The van der Waals surface area contributed by atoms with E-state index in [9.17, 15) is 0 Å². The lowest BCUT2D eigenvalue weighted by molar-refractivity contribution is 0.662. The third-order valence-electron chi connectivity index (χ3n) is 5.94. The second-order valence-electron chi connectivity index (χ2n) is 7.96. The summed E-state index contributed by atoms with van der Waals surface area (Å²) >= 11 is 0. The Balaban J connectivity index is 0.00000225. The Kier molecular flexibility index (Phi) is 5.99. The Morgan fingerprint density at radius 3 is 2.39 bits per heavy atom. The molecule has 0 radical (unpaired) electrons. The normalized spacial score (nSPS) is 13.1. The lowest BCUT2D eigenvalue weighted by Crippen LogP contribution is -2.21. The van der Waals surface area contributed by atoms with E-state index in [2.05, 4.69) is 56.6 Å². The van der Waals surface area contributed by atoms with Gasteiger partial charge in [-0.05, 0) is 69.6 Å². The molecule has 1 aliphatic carbocycles. The van der Waals surface area contributed by atoms with Crippen molar-refractivity contribution in [3.63, 3.8) is 0 Å². The molecular formula is C23H31ClN4. The van der Waals surface area contributed by atoms with Crippen LogP contribution in [0.25, 0.3) is 16.8 Å². The Hall–Kier alpha value is -2.07. The lowest BCUT2D eigenvalue weighted by Gasteiger charge is -2.20. The molecule has 3 aromatic rings. The van der Waals surface area contributed by atoms with E-state index in [1.165, 1.54) is 39.9 Å². The topological polar surface area (TPSA) is 42.2 Å². The molecule has 4 nitrogen and oxygen atoms in total. The van der Waals surface area contributed by atoms with Crippen LogP contribution in [0.15, 0.2) is 18.3 Å². The van der Waals surface area contributed by atoms with Gasteiger partial charge in [-0.1, -0.05) is 31.5 Å². The zero-order valence-corrected chi connectivity index (χ0v) is 18.4. The minimum atomic E-state index is 0. The predicted octanol–water partition coefficient (Wildman–Crippen LogP) is 5.83. The van der Waals surface area contributed by atoms with E-state index in [0.29, 0.717) is 6.04 Å². The van der Waals surface area contributed by atoms with Crippen LogP contribution in [0.5, 0.6) is 0 Å². The SMILES string of the molecule is CCC(CC)Nc1c2c(nc3c(-c4c(C)cc(C)cc4C)cnn13)CCC2.Cl. The zero-order chi connectivity index (χ0) is 19.1. The Bertz CT molecular complexity index is 978. The number of nitrogens with one attached hydrogen (secondary N) is 1. The predicted molar refractivity (Wildman–Crippen MR) is 120 cm³/mol. The third-order valence-corrected chi connectivity index (χ3v) is 5.94. The van der Waals surface area contributed by atoms with E-state index >= 15 is 0 Å². The van der Waals surface area contributed by atoms with Crippen LogP contribution in [0, 0.1) is 20.8 Å². The summed E-state index contributed by atoms with van der Waals surface area (Å²) < 4.78 is 2.05. The van der Waals surface area contributed by atoms with Crippen molar-refractivity contribution < 1.29 is 0 Å². The van der Waals surface area contributed by atoms with Crippen molar-refractivity contribution in [2.24, 2.45) is 0 Å². The molecule has 0 spiro atoms. The highest BCUT2D eigenvalue weighted by Gasteiger charge is 2.24. The van der Waals surface area contributed by atoms with Crippen molar-refractivity contribution >= 4 is 23.9 Å². The number of hydrogen-bond donors (Lipinski definition) is 1. The summed E-state index contributed by atoms with van der Waals surface area (Å²) in [6.45, 7) is 11.0. The summed E-state index contributed by atoms with van der Waals surface area (Å²) in [5.74, 6) is 1.16. The number of hydrogen-bond acceptors (Lipinski definition) is 3. The Labute approximate surface area is 174 Å². The van der Waals surface area contributed by atoms with Gasteiger partial charge in [0.05, 0.1) is 6.20 Å². The van der Waals surface area contributed by atoms with Gasteiger partial charge in [0, 0.05) is 22.9 Å². The number of nitrogens with zero attached hydrogens (tertiary/aromatic N) is 3. The smallest absolute Gasteiger partial charge is 0.165 e. The number of rotatable bonds is 5. The molecule has 0 aliphatic heterocycles. The average molecular weight is 399 g/mol. The fourth-order valence-corrected chi connectivity index (χ4v) is 4.59. The highest BCUT2D eigenvalue weighted by atomic mass is 35.5. The minimum Gasteiger partial charge on any atom is -0.367 e. The standard InChI is InChI=1S/C23H30N4.ClH/c1-6-17(7-2)25-22-18-9-8-10-20(18)26-23-19(13-24-27(22)23)21-15(4)11-14(3)12-16(21)5;/h11-13,17,25H,6-10H2,1-5H3;1H. The first kappa shape index (κ1) is 20.7. The largest absolute Gasteiger partial charge is 0.367 e. The Morgan fingerprint density at radius 2 is 1.75 bits per heavy atom. The monoisotopic (exact) mass is 398 g/mol. The van der Waals surface area contributed by atoms with Crippen LogP contribution in [0.1, 0.15) is 61.1 Å². The van der Waals surface area contributed by atoms with Crippen molar-refractivity contribution in [1.82, 2.24) is 14.6 Å². The molecule has 0 fully saturated rings. The maximum absolute atomic E-state index is 5.08. The highest BCUT2D eigenvalue weighted by molar-refractivity contribution is 5.85. The quantitative estimate of drug-likeness (QED) is 0.587. The van der Waals surface area contributed by atoms with Crippen LogP contribution < -0.4 is 5.32 Å². The fraction of sp³-hybridized carbons (Fsp3) is 0.478. The van der Waals surface area contributed by atoms with E-state index in [1.807, 2.05) is 6.20 Å². The van der Waals surface area contributed by atoms with Crippen LogP contribution >= 0.6 is 12.4 Å². The van der Waals surface area contributed by atoms with Crippen LogP contribution in [0.3, 0.4) is 0 Å². The second kappa shape index (κ2) is 8.12. The summed E-state index contributed by atoms with van der Waals surface area (Å²) in [6.07, 6.45) is 7.57. The second-order valence-corrected chi connectivity index (χ2v) is 7.96. The summed E-state index contributed by atoms with van der Waals surface area (Å²) in [4.78, 5) is 5.08. The molecule has 1 aromatic carbocycles. The first-order valence-corrected chi connectivity index (χ1v) is 10.3. The molecule has 1 N–H and O–H groups in total. The Morgan fingerprint density at radius 1 is 1.07 bits per heavy atom. The number of fused-ring (bicyclic) bond motifs is 2. The number of benzene rings is 1. The van der Waals surface area contributed by atoms with Gasteiger partial charge in [-0.2, -0.15) is 9.61 Å². The van der Waals surface area contributed by atoms with E-state index in [1.54, 1.807) is 0 Å². The maximum Gasteiger partial charge on any atom is 0.165 e. The molecule has 2 heterocycles. The molecule has 150 valence electrons. The van der Waals surface area contributed by atoms with Crippen molar-refractivity contribution in [3.05, 3.63) is 46.3 Å². The van der Waals surface area contributed by atoms with E-state index < -0.39 is 0 Å². The molecule has 0 atom stereocenters. The molecule has 0 bridgehead atoms. The molecular weight excluding hydrogens is 368 g/mol. The summed E-state index contributed by atoms with van der Waals surface area (Å²) in [5, 5.41) is 8.58. The molecule has 4 rings (SSSR count). The van der Waals surface area contributed by atoms with Crippen LogP contribution in [-0.4, -0.2) is 20.6 Å². The average Bonchev–Trinajstić information content (AvgIpc) is 3.25. The number of anilines is 1. The van der Waals surface area contributed by atoms with Crippen molar-refractivity contribution in [2.75, 3.05) is 5.32 Å². The summed E-state index contributed by atoms with van der Waals surface area (Å²) in [5.41, 5.74) is 9.90. The van der Waals surface area contributed by atoms with Crippen LogP contribution in [0.2, 0.25) is 0 Å². The first-order valence-electron chi connectivity index (χ1n) is 10.3. The molecule has 1 aliphatic rings. The summed E-state index contributed by atoms with van der Waals surface area (Å²) in [6, 6.07) is 4.97. The van der Waals surface area contributed by atoms with Crippen molar-refractivity contribution in [1.29, 1.82) is 0 Å². The van der Waals surface area contributed by atoms with E-state index in [0.717, 1.165) is 42.7 Å². The molecule has 5 heteroatoms. The van der Waals surface area contributed by atoms with Gasteiger partial charge in [0.25, 0.3) is 0 Å². The van der Waals surface area contributed by atoms with Gasteiger partial charge in [0.1, 0.15) is 5.82 Å². The molecule has 0 saturated heterocycles. The summed E-state index contributed by atoms with van der Waals surface area (Å²) in [7, 11) is 0. The van der Waals surface area contributed by atoms with E-state index in [-0.39, 0.29) is 12.4 Å². The van der Waals surface area contributed by atoms with Gasteiger partial charge in [-0.3, -0.25) is 0 Å². The third kappa shape index (κ3) is 3.39. The van der Waals surface area contributed by atoms with Crippen LogP contribution in [0.4, 0.5) is 5.82 Å². The van der Waals surface area contributed by atoms with Gasteiger partial charge in [-0.25, -0.2) is 4.98 Å². The van der Waals surface area contributed by atoms with Gasteiger partial charge in [0.2, 0.25) is 0 Å². The van der Waals surface area contributed by atoms with E-state index in [4.69, 9.17) is 10.1 Å². The van der Waals surface area contributed by atoms with Gasteiger partial charge in [-0.15, -0.1) is 12.4 Å². The number of halogens is 1. The minimum absolute atomic E-state index is 0. The van der Waals surface area contributed by atoms with Crippen molar-refractivity contribution in [3.8, 4) is 11.1 Å². The molecule has 2 aromatic heterocycles. The lowest BCUT2D eigenvalue weighted by atomic mass is 9.95. The molecule has 0 unspecified atom stereocenters. The highest BCUT2D eigenvalue weighted by Crippen LogP contribution is 2.35. The van der Waals surface area contributed by atoms with Crippen molar-refractivity contribution in [2.45, 2.75) is 72.8 Å². The van der Waals surface area contributed by atoms with Gasteiger partial charge >= 0.3 is 0 Å². The number of aromatic nitrogens is 3. The fourth-order valence-electron chi connectivity index (χ4n) is 4.59. The molecule has 28 heavy (non-hydrogen) atoms.